The van der Waals surface area contributed by atoms with Crippen molar-refractivity contribution in [1.82, 2.24) is 25.2 Å². The van der Waals surface area contributed by atoms with E-state index in [-0.39, 0.29) is 18.3 Å². The smallest absolute Gasteiger partial charge is 0.270 e. The van der Waals surface area contributed by atoms with E-state index >= 15 is 0 Å². The second-order valence-electron chi connectivity index (χ2n) is 4.54. The molecule has 0 aliphatic carbocycles. The standard InChI is InChI=1S/C14H14N6OS/c1-2-20-18-14(17-19-20)16-12(21)8-11-9-22-13(15-11)10-6-4-3-5-7-10/h3-7,9H,2,8H2,1H3,(H,16,18,21). The third kappa shape index (κ3) is 3.34. The zero-order valence-corrected chi connectivity index (χ0v) is 12.7. The Labute approximate surface area is 131 Å². The topological polar surface area (TPSA) is 85.6 Å². The van der Waals surface area contributed by atoms with E-state index in [9.17, 15) is 4.79 Å². The summed E-state index contributed by atoms with van der Waals surface area (Å²) < 4.78 is 0. The first-order chi connectivity index (χ1) is 10.7. The zero-order chi connectivity index (χ0) is 15.4. The van der Waals surface area contributed by atoms with Crippen molar-refractivity contribution in [3.05, 3.63) is 41.4 Å². The summed E-state index contributed by atoms with van der Waals surface area (Å²) in [6.07, 6.45) is 0.185. The van der Waals surface area contributed by atoms with Gasteiger partial charge in [-0.1, -0.05) is 35.4 Å². The van der Waals surface area contributed by atoms with Gasteiger partial charge in [0.2, 0.25) is 5.91 Å². The molecule has 0 aliphatic rings. The van der Waals surface area contributed by atoms with Gasteiger partial charge in [0.25, 0.3) is 5.95 Å². The minimum absolute atomic E-state index is 0.185. The summed E-state index contributed by atoms with van der Waals surface area (Å²) in [4.78, 5) is 17.8. The lowest BCUT2D eigenvalue weighted by Crippen LogP contribution is -2.15. The van der Waals surface area contributed by atoms with Crippen molar-refractivity contribution >= 4 is 23.2 Å². The van der Waals surface area contributed by atoms with Gasteiger partial charge in [-0.05, 0) is 12.1 Å². The summed E-state index contributed by atoms with van der Waals surface area (Å²) in [6.45, 7) is 2.50. The molecule has 0 aliphatic heterocycles. The Kier molecular flexibility index (Phi) is 4.19. The fourth-order valence-electron chi connectivity index (χ4n) is 1.86. The molecule has 1 N–H and O–H groups in total. The number of nitrogens with one attached hydrogen (secondary N) is 1. The monoisotopic (exact) mass is 314 g/mol. The maximum absolute atomic E-state index is 12.0. The lowest BCUT2D eigenvalue weighted by atomic mass is 10.2. The van der Waals surface area contributed by atoms with Gasteiger partial charge in [0, 0.05) is 10.9 Å². The predicted octanol–water partition coefficient (Wildman–Crippen LogP) is 2.00. The van der Waals surface area contributed by atoms with E-state index in [1.807, 2.05) is 42.6 Å². The lowest BCUT2D eigenvalue weighted by Gasteiger charge is -1.98. The fraction of sp³-hybridized carbons (Fsp3) is 0.214. The van der Waals surface area contributed by atoms with Gasteiger partial charge in [-0.25, -0.2) is 4.98 Å². The summed E-state index contributed by atoms with van der Waals surface area (Å²) in [5, 5.41) is 16.9. The molecule has 0 fully saturated rings. The van der Waals surface area contributed by atoms with Gasteiger partial charge >= 0.3 is 0 Å². The Morgan fingerprint density at radius 3 is 2.86 bits per heavy atom. The molecule has 0 saturated heterocycles. The van der Waals surface area contributed by atoms with Gasteiger partial charge in [-0.3, -0.25) is 10.1 Å². The van der Waals surface area contributed by atoms with E-state index in [4.69, 9.17) is 0 Å². The molecule has 3 aromatic rings. The highest BCUT2D eigenvalue weighted by molar-refractivity contribution is 7.13. The maximum Gasteiger partial charge on any atom is 0.270 e. The summed E-state index contributed by atoms with van der Waals surface area (Å²) >= 11 is 1.52. The van der Waals surface area contributed by atoms with Crippen molar-refractivity contribution in [2.45, 2.75) is 19.9 Å². The lowest BCUT2D eigenvalue weighted by molar-refractivity contribution is -0.115. The second kappa shape index (κ2) is 6.44. The summed E-state index contributed by atoms with van der Waals surface area (Å²) in [5.74, 6) is 0.00549. The first kappa shape index (κ1) is 14.3. The second-order valence-corrected chi connectivity index (χ2v) is 5.39. The van der Waals surface area contributed by atoms with Crippen LogP contribution in [0.5, 0.6) is 0 Å². The van der Waals surface area contributed by atoms with Gasteiger partial charge < -0.3 is 0 Å². The maximum atomic E-state index is 12.0. The van der Waals surface area contributed by atoms with Gasteiger partial charge in [-0.2, -0.15) is 4.80 Å². The largest absolute Gasteiger partial charge is 0.292 e. The van der Waals surface area contributed by atoms with Crippen LogP contribution >= 0.6 is 11.3 Å². The minimum Gasteiger partial charge on any atom is -0.292 e. The van der Waals surface area contributed by atoms with Crippen LogP contribution in [0.15, 0.2) is 35.7 Å². The summed E-state index contributed by atoms with van der Waals surface area (Å²) in [7, 11) is 0. The molecular weight excluding hydrogens is 300 g/mol. The average molecular weight is 314 g/mol. The number of benzene rings is 1. The predicted molar refractivity (Wildman–Crippen MR) is 83.4 cm³/mol. The number of aryl methyl sites for hydroxylation is 1. The van der Waals surface area contributed by atoms with Crippen LogP contribution in [0.3, 0.4) is 0 Å². The number of anilines is 1. The number of tetrazole rings is 1. The van der Waals surface area contributed by atoms with E-state index in [0.29, 0.717) is 6.54 Å². The van der Waals surface area contributed by atoms with E-state index in [2.05, 4.69) is 25.7 Å². The van der Waals surface area contributed by atoms with Gasteiger partial charge in [0.15, 0.2) is 0 Å². The number of carbonyl (C=O) groups is 1. The van der Waals surface area contributed by atoms with Crippen molar-refractivity contribution < 1.29 is 4.79 Å². The van der Waals surface area contributed by atoms with Crippen molar-refractivity contribution in [3.63, 3.8) is 0 Å². The molecule has 2 aromatic heterocycles. The Bertz CT molecular complexity index is 767. The third-order valence-corrected chi connectivity index (χ3v) is 3.84. The van der Waals surface area contributed by atoms with Crippen LogP contribution in [0.4, 0.5) is 5.95 Å². The Balaban J connectivity index is 1.63. The quantitative estimate of drug-likeness (QED) is 0.778. The average Bonchev–Trinajstić information content (AvgIpc) is 3.17. The number of nitrogens with zero attached hydrogens (tertiary/aromatic N) is 5. The SMILES string of the molecule is CCn1nnc(NC(=O)Cc2csc(-c3ccccc3)n2)n1. The van der Waals surface area contributed by atoms with E-state index in [1.54, 1.807) is 0 Å². The fourth-order valence-corrected chi connectivity index (χ4v) is 2.69. The third-order valence-electron chi connectivity index (χ3n) is 2.90. The molecule has 3 rings (SSSR count). The summed E-state index contributed by atoms with van der Waals surface area (Å²) in [6, 6.07) is 9.88. The van der Waals surface area contributed by atoms with Crippen molar-refractivity contribution in [3.8, 4) is 10.6 Å². The van der Waals surface area contributed by atoms with Crippen LogP contribution in [0.25, 0.3) is 10.6 Å². The van der Waals surface area contributed by atoms with Gasteiger partial charge in [0.1, 0.15) is 5.01 Å². The van der Waals surface area contributed by atoms with Crippen molar-refractivity contribution in [1.29, 1.82) is 0 Å². The molecular formula is C14H14N6OS. The van der Waals surface area contributed by atoms with Crippen LogP contribution in [0, 0.1) is 0 Å². The molecule has 7 nitrogen and oxygen atoms in total. The number of hydrogen-bond donors (Lipinski definition) is 1. The normalized spacial score (nSPS) is 10.6. The van der Waals surface area contributed by atoms with E-state index in [0.717, 1.165) is 16.3 Å². The molecule has 0 spiro atoms. The van der Waals surface area contributed by atoms with E-state index < -0.39 is 0 Å². The van der Waals surface area contributed by atoms with Crippen LogP contribution in [-0.2, 0) is 17.8 Å². The molecule has 0 atom stereocenters. The van der Waals surface area contributed by atoms with Crippen LogP contribution < -0.4 is 5.32 Å². The van der Waals surface area contributed by atoms with Crippen LogP contribution in [-0.4, -0.2) is 31.1 Å². The molecule has 0 bridgehead atoms. The number of rotatable bonds is 5. The van der Waals surface area contributed by atoms with Crippen molar-refractivity contribution in [2.75, 3.05) is 5.32 Å². The molecule has 2 heterocycles. The molecule has 1 aromatic carbocycles. The molecule has 0 unspecified atom stereocenters. The molecule has 1 amide bonds. The Hall–Kier alpha value is -2.61. The Morgan fingerprint density at radius 2 is 2.14 bits per heavy atom. The highest BCUT2D eigenvalue weighted by Gasteiger charge is 2.11. The van der Waals surface area contributed by atoms with Crippen LogP contribution in [0.1, 0.15) is 12.6 Å². The molecule has 0 radical (unpaired) electrons. The highest BCUT2D eigenvalue weighted by atomic mass is 32.1. The number of aromatic nitrogens is 5. The van der Waals surface area contributed by atoms with Crippen LogP contribution in [0.2, 0.25) is 0 Å². The zero-order valence-electron chi connectivity index (χ0n) is 11.9. The molecule has 22 heavy (non-hydrogen) atoms. The Morgan fingerprint density at radius 1 is 1.32 bits per heavy atom. The van der Waals surface area contributed by atoms with E-state index in [1.165, 1.54) is 16.1 Å². The number of hydrogen-bond acceptors (Lipinski definition) is 6. The molecule has 112 valence electrons. The first-order valence-electron chi connectivity index (χ1n) is 6.82. The molecule has 0 saturated carbocycles. The number of thiazole rings is 1. The van der Waals surface area contributed by atoms with Gasteiger partial charge in [0.05, 0.1) is 18.7 Å². The molecule has 8 heteroatoms. The highest BCUT2D eigenvalue weighted by Crippen LogP contribution is 2.23. The van der Waals surface area contributed by atoms with Crippen molar-refractivity contribution in [2.24, 2.45) is 0 Å². The van der Waals surface area contributed by atoms with Gasteiger partial charge in [-0.15, -0.1) is 16.4 Å². The minimum atomic E-state index is -0.208. The number of amides is 1. The summed E-state index contributed by atoms with van der Waals surface area (Å²) in [5.41, 5.74) is 1.77. The number of carbonyl (C=O) groups excluding carboxylic acids is 1. The first-order valence-corrected chi connectivity index (χ1v) is 7.70.